The average Bonchev–Trinajstić information content (AvgIpc) is 2.12. The van der Waals surface area contributed by atoms with Crippen molar-refractivity contribution in [3.8, 4) is 0 Å². The molecule has 66 valence electrons. The van der Waals surface area contributed by atoms with Crippen LogP contribution in [0.15, 0.2) is 29.3 Å². The number of nitrogens with two attached hydrogens (primary N) is 1. The molecule has 0 aromatic carbocycles. The number of carbonyl (C=O) groups excluding carboxylic acids is 1. The van der Waals surface area contributed by atoms with E-state index in [0.29, 0.717) is 5.82 Å². The quantitative estimate of drug-likeness (QED) is 0.383. The Balaban J connectivity index is 4.47. The fraction of sp³-hybridized carbons (Fsp3) is 0.143. The van der Waals surface area contributed by atoms with Gasteiger partial charge in [-0.3, -0.25) is 4.79 Å². The van der Waals surface area contributed by atoms with Gasteiger partial charge in [0.05, 0.1) is 0 Å². The lowest BCUT2D eigenvalue weighted by Crippen LogP contribution is -2.31. The predicted molar refractivity (Wildman–Crippen MR) is 48.2 cm³/mol. The number of amides is 1. The lowest BCUT2D eigenvalue weighted by atomic mass is 10.5. The number of rotatable bonds is 4. The minimum Gasteiger partial charge on any atom is -0.381 e. The Morgan fingerprint density at radius 2 is 2.25 bits per heavy atom. The maximum atomic E-state index is 10.8. The van der Waals surface area contributed by atoms with Crippen molar-refractivity contribution in [1.29, 1.82) is 0 Å². The Labute approximate surface area is 71.0 Å². The van der Waals surface area contributed by atoms with Gasteiger partial charge in [0.1, 0.15) is 5.82 Å². The molecule has 0 spiro atoms. The predicted octanol–water partition coefficient (Wildman–Crippen LogP) is -0.706. The van der Waals surface area contributed by atoms with E-state index in [2.05, 4.69) is 28.9 Å². The van der Waals surface area contributed by atoms with E-state index >= 15 is 0 Å². The van der Waals surface area contributed by atoms with Crippen molar-refractivity contribution in [2.24, 2.45) is 10.7 Å². The Kier molecular flexibility index (Phi) is 4.21. The van der Waals surface area contributed by atoms with Crippen LogP contribution in [0.1, 0.15) is 0 Å². The Morgan fingerprint density at radius 1 is 1.67 bits per heavy atom. The third-order valence-electron chi connectivity index (χ3n) is 1.11. The summed E-state index contributed by atoms with van der Waals surface area (Å²) in [6.07, 6.45) is 1.13. The number of hydrogen-bond acceptors (Lipinski definition) is 4. The first-order valence-corrected chi connectivity index (χ1v) is 3.23. The molecule has 1 amide bonds. The molecular weight excluding hydrogens is 156 g/mol. The summed E-state index contributed by atoms with van der Waals surface area (Å²) < 4.78 is 0. The zero-order valence-electron chi connectivity index (χ0n) is 6.92. The topological polar surface area (TPSA) is 79.5 Å². The second-order valence-electron chi connectivity index (χ2n) is 1.86. The first-order valence-electron chi connectivity index (χ1n) is 3.23. The van der Waals surface area contributed by atoms with Crippen molar-refractivity contribution in [3.05, 3.63) is 24.3 Å². The number of aliphatic imine (C=N–C) groups is 1. The molecule has 0 aliphatic rings. The largest absolute Gasteiger partial charge is 0.381 e. The van der Waals surface area contributed by atoms with Crippen LogP contribution in [0.4, 0.5) is 0 Å². The van der Waals surface area contributed by atoms with E-state index in [1.165, 1.54) is 0 Å². The van der Waals surface area contributed by atoms with E-state index in [4.69, 9.17) is 5.73 Å². The Morgan fingerprint density at radius 3 is 2.58 bits per heavy atom. The third kappa shape index (κ3) is 2.87. The molecule has 0 fully saturated rings. The van der Waals surface area contributed by atoms with E-state index in [1.807, 2.05) is 0 Å². The SMILES string of the molecule is C=CC(=O)N/C(NC)=C(/N)N=C. The fourth-order valence-corrected chi connectivity index (χ4v) is 0.508. The van der Waals surface area contributed by atoms with Crippen molar-refractivity contribution in [1.82, 2.24) is 10.6 Å². The molecule has 0 atom stereocenters. The van der Waals surface area contributed by atoms with Crippen LogP contribution >= 0.6 is 0 Å². The molecule has 0 rings (SSSR count). The van der Waals surface area contributed by atoms with Gasteiger partial charge in [-0.1, -0.05) is 6.58 Å². The molecule has 5 heteroatoms. The maximum Gasteiger partial charge on any atom is 0.248 e. The van der Waals surface area contributed by atoms with Gasteiger partial charge in [0.25, 0.3) is 0 Å². The molecule has 0 aromatic rings. The van der Waals surface area contributed by atoms with E-state index in [1.54, 1.807) is 7.05 Å². The second kappa shape index (κ2) is 4.95. The van der Waals surface area contributed by atoms with Crippen molar-refractivity contribution < 1.29 is 4.79 Å². The highest BCUT2D eigenvalue weighted by atomic mass is 16.1. The van der Waals surface area contributed by atoms with Crippen molar-refractivity contribution in [2.45, 2.75) is 0 Å². The first-order chi connectivity index (χ1) is 5.65. The zero-order valence-corrected chi connectivity index (χ0v) is 6.92. The van der Waals surface area contributed by atoms with Gasteiger partial charge in [-0.25, -0.2) is 4.99 Å². The highest BCUT2D eigenvalue weighted by molar-refractivity contribution is 5.88. The van der Waals surface area contributed by atoms with Gasteiger partial charge < -0.3 is 16.4 Å². The van der Waals surface area contributed by atoms with Crippen LogP contribution in [-0.4, -0.2) is 19.7 Å². The molecule has 0 heterocycles. The molecule has 0 radical (unpaired) electrons. The zero-order chi connectivity index (χ0) is 9.56. The average molecular weight is 168 g/mol. The van der Waals surface area contributed by atoms with E-state index in [0.717, 1.165) is 6.08 Å². The highest BCUT2D eigenvalue weighted by Gasteiger charge is 2.01. The molecule has 0 saturated heterocycles. The third-order valence-corrected chi connectivity index (χ3v) is 1.11. The van der Waals surface area contributed by atoms with E-state index in [-0.39, 0.29) is 11.7 Å². The van der Waals surface area contributed by atoms with E-state index in [9.17, 15) is 4.79 Å². The van der Waals surface area contributed by atoms with Crippen LogP contribution in [0.2, 0.25) is 0 Å². The van der Waals surface area contributed by atoms with Gasteiger partial charge >= 0.3 is 0 Å². The van der Waals surface area contributed by atoms with Gasteiger partial charge in [-0.15, -0.1) is 0 Å². The summed E-state index contributed by atoms with van der Waals surface area (Å²) in [7, 11) is 1.61. The van der Waals surface area contributed by atoms with Gasteiger partial charge in [0.15, 0.2) is 5.82 Å². The maximum absolute atomic E-state index is 10.8. The number of nitrogens with zero attached hydrogens (tertiary/aromatic N) is 1. The van der Waals surface area contributed by atoms with Crippen molar-refractivity contribution >= 4 is 12.6 Å². The van der Waals surface area contributed by atoms with Gasteiger partial charge in [-0.05, 0) is 12.8 Å². The molecule has 0 unspecified atom stereocenters. The summed E-state index contributed by atoms with van der Waals surface area (Å²) >= 11 is 0. The molecule has 0 saturated carbocycles. The standard InChI is InChI=1S/C7H12N4O/c1-4-5(12)11-7(10-3)6(8)9-2/h4,10H,1-2,8H2,3H3,(H,11,12)/b7-6-. The molecular formula is C7H12N4O. The van der Waals surface area contributed by atoms with Gasteiger partial charge in [0, 0.05) is 7.05 Å². The molecule has 4 N–H and O–H groups in total. The normalized spacial score (nSPS) is 11.1. The molecule has 0 aliphatic heterocycles. The molecule has 0 aliphatic carbocycles. The van der Waals surface area contributed by atoms with E-state index < -0.39 is 0 Å². The minimum absolute atomic E-state index is 0.132. The van der Waals surface area contributed by atoms with Crippen molar-refractivity contribution in [3.63, 3.8) is 0 Å². The molecule has 0 aromatic heterocycles. The lowest BCUT2D eigenvalue weighted by Gasteiger charge is -2.07. The van der Waals surface area contributed by atoms with Crippen LogP contribution in [-0.2, 0) is 4.79 Å². The van der Waals surface area contributed by atoms with Gasteiger partial charge in [0.2, 0.25) is 5.91 Å². The van der Waals surface area contributed by atoms with Crippen LogP contribution in [0.5, 0.6) is 0 Å². The molecule has 12 heavy (non-hydrogen) atoms. The minimum atomic E-state index is -0.356. The van der Waals surface area contributed by atoms with Crippen LogP contribution in [0.3, 0.4) is 0 Å². The Bertz CT molecular complexity index is 232. The van der Waals surface area contributed by atoms with Crippen molar-refractivity contribution in [2.75, 3.05) is 7.05 Å². The smallest absolute Gasteiger partial charge is 0.248 e. The molecule has 0 bridgehead atoms. The number of carbonyl (C=O) groups is 1. The van der Waals surface area contributed by atoms with Crippen LogP contribution in [0, 0.1) is 0 Å². The molecule has 5 nitrogen and oxygen atoms in total. The summed E-state index contributed by atoms with van der Waals surface area (Å²) in [5, 5.41) is 5.08. The Hall–Kier alpha value is -1.78. The second-order valence-corrected chi connectivity index (χ2v) is 1.86. The summed E-state index contributed by atoms with van der Waals surface area (Å²) in [5.41, 5.74) is 5.37. The first kappa shape index (κ1) is 10.2. The van der Waals surface area contributed by atoms with Crippen LogP contribution in [0.25, 0.3) is 0 Å². The summed E-state index contributed by atoms with van der Waals surface area (Å²) in [5.74, 6) is 0.0913. The number of nitrogens with one attached hydrogen (secondary N) is 2. The monoisotopic (exact) mass is 168 g/mol. The highest BCUT2D eigenvalue weighted by Crippen LogP contribution is 1.89. The van der Waals surface area contributed by atoms with Crippen LogP contribution < -0.4 is 16.4 Å². The number of hydrogen-bond donors (Lipinski definition) is 3. The van der Waals surface area contributed by atoms with Gasteiger partial charge in [-0.2, -0.15) is 0 Å². The summed E-state index contributed by atoms with van der Waals surface area (Å²) in [6, 6.07) is 0. The summed E-state index contributed by atoms with van der Waals surface area (Å²) in [4.78, 5) is 14.2. The lowest BCUT2D eigenvalue weighted by molar-refractivity contribution is -0.115. The summed E-state index contributed by atoms with van der Waals surface area (Å²) in [6.45, 7) is 6.50. The fourth-order valence-electron chi connectivity index (χ4n) is 0.508.